The summed E-state index contributed by atoms with van der Waals surface area (Å²) in [6, 6.07) is 5.80. The zero-order valence-electron chi connectivity index (χ0n) is 13.1. The lowest BCUT2D eigenvalue weighted by molar-refractivity contribution is 0.0336. The zero-order chi connectivity index (χ0) is 15.2. The Morgan fingerprint density at radius 1 is 1.20 bits per heavy atom. The Morgan fingerprint density at radius 3 is 2.40 bits per heavy atom. The Labute approximate surface area is 121 Å². The van der Waals surface area contributed by atoms with Gasteiger partial charge in [0, 0.05) is 19.6 Å². The Morgan fingerprint density at radius 2 is 1.85 bits per heavy atom. The summed E-state index contributed by atoms with van der Waals surface area (Å²) in [5.41, 5.74) is 0.336. The number of nitrogens with one attached hydrogen (secondary N) is 1. The third kappa shape index (κ3) is 5.36. The van der Waals surface area contributed by atoms with Gasteiger partial charge in [0.15, 0.2) is 11.5 Å². The summed E-state index contributed by atoms with van der Waals surface area (Å²) < 4.78 is 10.5. The van der Waals surface area contributed by atoms with Crippen LogP contribution in [0.1, 0.15) is 12.5 Å². The first-order chi connectivity index (χ1) is 9.38. The molecule has 5 heteroatoms. The van der Waals surface area contributed by atoms with Crippen LogP contribution in [0, 0.1) is 0 Å². The molecule has 0 saturated carbocycles. The van der Waals surface area contributed by atoms with E-state index in [-0.39, 0.29) is 0 Å². The largest absolute Gasteiger partial charge is 0.493 e. The maximum absolute atomic E-state index is 10.2. The molecule has 20 heavy (non-hydrogen) atoms. The molecule has 0 aromatic heterocycles. The fourth-order valence-corrected chi connectivity index (χ4v) is 2.20. The Kier molecular flexibility index (Phi) is 6.26. The maximum Gasteiger partial charge on any atom is 0.161 e. The predicted molar refractivity (Wildman–Crippen MR) is 80.4 cm³/mol. The van der Waals surface area contributed by atoms with Crippen molar-refractivity contribution in [2.45, 2.75) is 19.1 Å². The van der Waals surface area contributed by atoms with Crippen molar-refractivity contribution in [3.05, 3.63) is 23.8 Å². The number of methoxy groups -OCH3 is 2. The third-order valence-electron chi connectivity index (χ3n) is 2.94. The van der Waals surface area contributed by atoms with Crippen molar-refractivity contribution in [1.82, 2.24) is 10.2 Å². The topological polar surface area (TPSA) is 54.0 Å². The van der Waals surface area contributed by atoms with E-state index in [1.54, 1.807) is 14.2 Å². The van der Waals surface area contributed by atoms with Gasteiger partial charge in [-0.15, -0.1) is 0 Å². The fourth-order valence-electron chi connectivity index (χ4n) is 2.20. The van der Waals surface area contributed by atoms with Crippen LogP contribution in [-0.2, 0) is 6.54 Å². The lowest BCUT2D eigenvalue weighted by atomic mass is 10.1. The normalized spacial score (nSPS) is 14.2. The minimum Gasteiger partial charge on any atom is -0.493 e. The summed E-state index contributed by atoms with van der Waals surface area (Å²) in [5.74, 6) is 1.43. The van der Waals surface area contributed by atoms with Crippen LogP contribution in [0.15, 0.2) is 18.2 Å². The third-order valence-corrected chi connectivity index (χ3v) is 2.94. The lowest BCUT2D eigenvalue weighted by Crippen LogP contribution is -2.45. The van der Waals surface area contributed by atoms with Crippen molar-refractivity contribution in [3.63, 3.8) is 0 Å². The fraction of sp³-hybridized carbons (Fsp3) is 0.600. The minimum absolute atomic E-state index is 0.527. The van der Waals surface area contributed by atoms with E-state index in [9.17, 15) is 5.11 Å². The van der Waals surface area contributed by atoms with E-state index < -0.39 is 5.60 Å². The van der Waals surface area contributed by atoms with Gasteiger partial charge >= 0.3 is 0 Å². The molecule has 0 radical (unpaired) electrons. The van der Waals surface area contributed by atoms with Crippen LogP contribution < -0.4 is 14.8 Å². The van der Waals surface area contributed by atoms with Crippen LogP contribution in [0.4, 0.5) is 0 Å². The van der Waals surface area contributed by atoms with Crippen molar-refractivity contribution in [2.24, 2.45) is 0 Å². The monoisotopic (exact) mass is 282 g/mol. The highest BCUT2D eigenvalue weighted by atomic mass is 16.5. The zero-order valence-corrected chi connectivity index (χ0v) is 13.1. The number of hydrogen-bond acceptors (Lipinski definition) is 5. The van der Waals surface area contributed by atoms with Gasteiger partial charge in [0.2, 0.25) is 0 Å². The summed E-state index contributed by atoms with van der Waals surface area (Å²) in [6.07, 6.45) is 0. The van der Waals surface area contributed by atoms with Crippen molar-refractivity contribution in [2.75, 3.05) is 41.4 Å². The van der Waals surface area contributed by atoms with Gasteiger partial charge in [-0.3, -0.25) is 0 Å². The first-order valence-corrected chi connectivity index (χ1v) is 6.66. The molecule has 0 saturated heterocycles. The summed E-state index contributed by atoms with van der Waals surface area (Å²) in [4.78, 5) is 1.97. The van der Waals surface area contributed by atoms with E-state index in [1.807, 2.05) is 44.1 Å². The Bertz CT molecular complexity index is 420. The SMILES string of the molecule is COc1ccc(CNCC(C)(O)CN(C)C)cc1OC. The van der Waals surface area contributed by atoms with Crippen LogP contribution in [0.3, 0.4) is 0 Å². The van der Waals surface area contributed by atoms with Crippen molar-refractivity contribution >= 4 is 0 Å². The smallest absolute Gasteiger partial charge is 0.161 e. The lowest BCUT2D eigenvalue weighted by Gasteiger charge is -2.27. The van der Waals surface area contributed by atoms with Crippen LogP contribution in [0.25, 0.3) is 0 Å². The molecule has 2 N–H and O–H groups in total. The average molecular weight is 282 g/mol. The number of likely N-dealkylation sites (N-methyl/N-ethyl adjacent to an activating group) is 1. The molecule has 0 aliphatic carbocycles. The molecule has 1 rings (SSSR count). The van der Waals surface area contributed by atoms with Gasteiger partial charge in [-0.05, 0) is 38.7 Å². The molecule has 1 atom stereocenters. The average Bonchev–Trinajstić information content (AvgIpc) is 2.36. The number of ether oxygens (including phenoxy) is 2. The summed E-state index contributed by atoms with van der Waals surface area (Å²) in [6.45, 7) is 3.64. The molecule has 1 unspecified atom stereocenters. The van der Waals surface area contributed by atoms with Gasteiger partial charge in [-0.1, -0.05) is 6.07 Å². The van der Waals surface area contributed by atoms with Crippen molar-refractivity contribution < 1.29 is 14.6 Å². The van der Waals surface area contributed by atoms with E-state index in [2.05, 4.69) is 5.32 Å². The number of rotatable bonds is 8. The van der Waals surface area contributed by atoms with Crippen molar-refractivity contribution in [3.8, 4) is 11.5 Å². The van der Waals surface area contributed by atoms with Crippen LogP contribution in [0.2, 0.25) is 0 Å². The number of benzene rings is 1. The number of aliphatic hydroxyl groups is 1. The highest BCUT2D eigenvalue weighted by Gasteiger charge is 2.20. The van der Waals surface area contributed by atoms with Gasteiger partial charge in [0.1, 0.15) is 0 Å². The van der Waals surface area contributed by atoms with Crippen molar-refractivity contribution in [1.29, 1.82) is 0 Å². The number of hydrogen-bond donors (Lipinski definition) is 2. The molecule has 0 aliphatic rings. The molecule has 0 fully saturated rings. The van der Waals surface area contributed by atoms with Crippen LogP contribution >= 0.6 is 0 Å². The second kappa shape index (κ2) is 7.47. The highest BCUT2D eigenvalue weighted by Crippen LogP contribution is 2.27. The van der Waals surface area contributed by atoms with Gasteiger partial charge in [-0.2, -0.15) is 0 Å². The molecule has 0 bridgehead atoms. The molecule has 0 heterocycles. The summed E-state index contributed by atoms with van der Waals surface area (Å²) in [5, 5.41) is 13.5. The molecule has 5 nitrogen and oxygen atoms in total. The molecule has 114 valence electrons. The molecule has 0 spiro atoms. The van der Waals surface area contributed by atoms with Gasteiger partial charge in [0.25, 0.3) is 0 Å². The molecular formula is C15H26N2O3. The van der Waals surface area contributed by atoms with Gasteiger partial charge in [0.05, 0.1) is 19.8 Å². The second-order valence-electron chi connectivity index (χ2n) is 5.53. The maximum atomic E-state index is 10.2. The van der Waals surface area contributed by atoms with Crippen LogP contribution in [0.5, 0.6) is 11.5 Å². The Balaban J connectivity index is 2.54. The quantitative estimate of drug-likeness (QED) is 0.748. The summed E-state index contributed by atoms with van der Waals surface area (Å²) >= 11 is 0. The van der Waals surface area contributed by atoms with E-state index in [0.717, 1.165) is 11.3 Å². The second-order valence-corrected chi connectivity index (χ2v) is 5.53. The highest BCUT2D eigenvalue weighted by molar-refractivity contribution is 5.42. The van der Waals surface area contributed by atoms with Gasteiger partial charge in [-0.25, -0.2) is 0 Å². The molecule has 0 amide bonds. The van der Waals surface area contributed by atoms with E-state index >= 15 is 0 Å². The van der Waals surface area contributed by atoms with E-state index in [4.69, 9.17) is 9.47 Å². The minimum atomic E-state index is -0.750. The molecule has 1 aromatic rings. The molecular weight excluding hydrogens is 256 g/mol. The number of nitrogens with zero attached hydrogens (tertiary/aromatic N) is 1. The van der Waals surface area contributed by atoms with E-state index in [0.29, 0.717) is 25.4 Å². The molecule has 1 aromatic carbocycles. The summed E-state index contributed by atoms with van der Waals surface area (Å²) in [7, 11) is 7.14. The first-order valence-electron chi connectivity index (χ1n) is 6.66. The van der Waals surface area contributed by atoms with E-state index in [1.165, 1.54) is 0 Å². The standard InChI is InChI=1S/C15H26N2O3/c1-15(18,11-17(2)3)10-16-9-12-6-7-13(19-4)14(8-12)20-5/h6-8,16,18H,9-11H2,1-5H3. The van der Waals surface area contributed by atoms with Crippen LogP contribution in [-0.4, -0.2) is 57.0 Å². The first kappa shape index (κ1) is 16.8. The Hall–Kier alpha value is -1.30. The predicted octanol–water partition coefficient (Wildman–Crippen LogP) is 1.11. The molecule has 0 aliphatic heterocycles. The van der Waals surface area contributed by atoms with Gasteiger partial charge < -0.3 is 24.8 Å².